The summed E-state index contributed by atoms with van der Waals surface area (Å²) in [5, 5.41) is 2.82. The van der Waals surface area contributed by atoms with Crippen molar-refractivity contribution in [2.24, 2.45) is 0 Å². The van der Waals surface area contributed by atoms with Crippen LogP contribution in [0.3, 0.4) is 0 Å². The third-order valence-corrected chi connectivity index (χ3v) is 4.60. The Balaban J connectivity index is 1.40. The number of amides is 1. The monoisotopic (exact) mass is 412 g/mol. The van der Waals surface area contributed by atoms with Gasteiger partial charge in [-0.05, 0) is 23.8 Å². The SMILES string of the molecule is CN(C)c1nc(CNC(=O)/C=C/c2ccc3c(c2)OCO3)nc(N2CCOCC2)n1. The van der Waals surface area contributed by atoms with Gasteiger partial charge in [0.2, 0.25) is 24.6 Å². The molecule has 1 aromatic carbocycles. The molecule has 3 heterocycles. The predicted octanol–water partition coefficient (Wildman–Crippen LogP) is 0.832. The van der Waals surface area contributed by atoms with Crippen LogP contribution >= 0.6 is 0 Å². The van der Waals surface area contributed by atoms with Crippen LogP contribution in [0.5, 0.6) is 11.5 Å². The normalized spacial score (nSPS) is 15.5. The molecule has 0 unspecified atom stereocenters. The van der Waals surface area contributed by atoms with Crippen molar-refractivity contribution >= 4 is 23.9 Å². The maximum Gasteiger partial charge on any atom is 0.244 e. The summed E-state index contributed by atoms with van der Waals surface area (Å²) in [6.45, 7) is 3.14. The molecule has 10 heteroatoms. The summed E-state index contributed by atoms with van der Waals surface area (Å²) in [4.78, 5) is 29.6. The molecule has 0 spiro atoms. The molecule has 1 N–H and O–H groups in total. The van der Waals surface area contributed by atoms with Crippen LogP contribution in [0.1, 0.15) is 11.4 Å². The molecule has 1 amide bonds. The average molecular weight is 412 g/mol. The molecule has 1 saturated heterocycles. The fourth-order valence-corrected chi connectivity index (χ4v) is 2.99. The van der Waals surface area contributed by atoms with Gasteiger partial charge in [0.15, 0.2) is 17.3 Å². The number of nitrogens with zero attached hydrogens (tertiary/aromatic N) is 5. The van der Waals surface area contributed by atoms with E-state index in [4.69, 9.17) is 14.2 Å². The van der Waals surface area contributed by atoms with Crippen LogP contribution in [-0.2, 0) is 16.1 Å². The highest BCUT2D eigenvalue weighted by atomic mass is 16.7. The molecule has 0 radical (unpaired) electrons. The van der Waals surface area contributed by atoms with Crippen molar-refractivity contribution in [1.82, 2.24) is 20.3 Å². The quantitative estimate of drug-likeness (QED) is 0.691. The molecular formula is C20H24N6O4. The number of nitrogens with one attached hydrogen (secondary N) is 1. The number of anilines is 2. The van der Waals surface area contributed by atoms with E-state index in [1.54, 1.807) is 6.08 Å². The van der Waals surface area contributed by atoms with Gasteiger partial charge < -0.3 is 29.3 Å². The van der Waals surface area contributed by atoms with Gasteiger partial charge >= 0.3 is 0 Å². The predicted molar refractivity (Wildman–Crippen MR) is 111 cm³/mol. The van der Waals surface area contributed by atoms with Crippen LogP contribution in [0, 0.1) is 0 Å². The Bertz CT molecular complexity index is 943. The van der Waals surface area contributed by atoms with Crippen molar-refractivity contribution in [3.8, 4) is 11.5 Å². The number of benzene rings is 1. The number of carbonyl (C=O) groups excluding carboxylic acids is 1. The van der Waals surface area contributed by atoms with E-state index in [-0.39, 0.29) is 19.2 Å². The van der Waals surface area contributed by atoms with E-state index in [0.717, 1.165) is 18.7 Å². The van der Waals surface area contributed by atoms with Gasteiger partial charge in [0.25, 0.3) is 0 Å². The fourth-order valence-electron chi connectivity index (χ4n) is 2.99. The van der Waals surface area contributed by atoms with Gasteiger partial charge in [0.05, 0.1) is 19.8 Å². The molecule has 2 aliphatic heterocycles. The Labute approximate surface area is 174 Å². The minimum absolute atomic E-state index is 0.199. The second-order valence-electron chi connectivity index (χ2n) is 7.01. The highest BCUT2D eigenvalue weighted by molar-refractivity contribution is 5.91. The van der Waals surface area contributed by atoms with Crippen LogP contribution in [0.4, 0.5) is 11.9 Å². The number of morpholine rings is 1. The Morgan fingerprint density at radius 3 is 2.77 bits per heavy atom. The zero-order chi connectivity index (χ0) is 20.9. The highest BCUT2D eigenvalue weighted by Crippen LogP contribution is 2.32. The van der Waals surface area contributed by atoms with Gasteiger partial charge in [-0.3, -0.25) is 4.79 Å². The lowest BCUT2D eigenvalue weighted by Crippen LogP contribution is -2.38. The number of rotatable bonds is 6. The third kappa shape index (κ3) is 4.77. The van der Waals surface area contributed by atoms with Crippen molar-refractivity contribution in [3.63, 3.8) is 0 Å². The molecule has 30 heavy (non-hydrogen) atoms. The first-order valence-electron chi connectivity index (χ1n) is 9.69. The van der Waals surface area contributed by atoms with Crippen molar-refractivity contribution in [3.05, 3.63) is 35.7 Å². The lowest BCUT2D eigenvalue weighted by molar-refractivity contribution is -0.116. The number of ether oxygens (including phenoxy) is 3. The standard InChI is InChI=1S/C20H24N6O4/c1-25(2)19-22-17(23-20(24-19)26-7-9-28-10-8-26)12-21-18(27)6-4-14-3-5-15-16(11-14)30-13-29-15/h3-6,11H,7-10,12-13H2,1-2H3,(H,21,27)/b6-4+. The molecule has 0 saturated carbocycles. The summed E-state index contributed by atoms with van der Waals surface area (Å²) in [7, 11) is 3.74. The van der Waals surface area contributed by atoms with Crippen LogP contribution in [0.25, 0.3) is 6.08 Å². The summed E-state index contributed by atoms with van der Waals surface area (Å²) >= 11 is 0. The van der Waals surface area contributed by atoms with Gasteiger partial charge in [0.1, 0.15) is 0 Å². The molecule has 0 aliphatic carbocycles. The first-order chi connectivity index (χ1) is 14.6. The van der Waals surface area contributed by atoms with E-state index >= 15 is 0 Å². The number of hydrogen-bond acceptors (Lipinski definition) is 9. The molecule has 158 valence electrons. The van der Waals surface area contributed by atoms with Crippen LogP contribution < -0.4 is 24.6 Å². The van der Waals surface area contributed by atoms with Crippen LogP contribution in [0.15, 0.2) is 24.3 Å². The van der Waals surface area contributed by atoms with Gasteiger partial charge in [0, 0.05) is 33.3 Å². The summed E-state index contributed by atoms with van der Waals surface area (Å²) in [5.74, 6) is 2.78. The lowest BCUT2D eigenvalue weighted by atomic mass is 10.2. The molecule has 1 aromatic heterocycles. The largest absolute Gasteiger partial charge is 0.454 e. The second-order valence-corrected chi connectivity index (χ2v) is 7.01. The maximum absolute atomic E-state index is 12.3. The van der Waals surface area contributed by atoms with Crippen molar-refractivity contribution < 1.29 is 19.0 Å². The average Bonchev–Trinajstić information content (AvgIpc) is 3.24. The summed E-state index contributed by atoms with van der Waals surface area (Å²) in [5.41, 5.74) is 0.846. The Kier molecular flexibility index (Phi) is 5.94. The van der Waals surface area contributed by atoms with Crippen molar-refractivity contribution in [2.45, 2.75) is 6.54 Å². The zero-order valence-corrected chi connectivity index (χ0v) is 17.0. The number of carbonyl (C=O) groups is 1. The molecule has 0 atom stereocenters. The summed E-state index contributed by atoms with van der Waals surface area (Å²) in [6.07, 6.45) is 3.18. The summed E-state index contributed by atoms with van der Waals surface area (Å²) in [6, 6.07) is 5.51. The smallest absolute Gasteiger partial charge is 0.244 e. The van der Waals surface area contributed by atoms with Crippen molar-refractivity contribution in [2.75, 3.05) is 57.0 Å². The molecule has 2 aromatic rings. The van der Waals surface area contributed by atoms with E-state index in [0.29, 0.717) is 42.4 Å². The molecule has 10 nitrogen and oxygen atoms in total. The van der Waals surface area contributed by atoms with Gasteiger partial charge in [-0.2, -0.15) is 15.0 Å². The van der Waals surface area contributed by atoms with Gasteiger partial charge in [-0.15, -0.1) is 0 Å². The number of hydrogen-bond donors (Lipinski definition) is 1. The summed E-state index contributed by atoms with van der Waals surface area (Å²) < 4.78 is 16.0. The first kappa shape index (κ1) is 19.9. The minimum atomic E-state index is -0.243. The van der Waals surface area contributed by atoms with Gasteiger partial charge in [-0.1, -0.05) is 6.07 Å². The van der Waals surface area contributed by atoms with Crippen LogP contribution in [-0.4, -0.2) is 68.1 Å². The van der Waals surface area contributed by atoms with E-state index < -0.39 is 0 Å². The topological polar surface area (TPSA) is 102 Å². The Morgan fingerprint density at radius 2 is 1.97 bits per heavy atom. The van der Waals surface area contributed by atoms with Gasteiger partial charge in [-0.25, -0.2) is 0 Å². The van der Waals surface area contributed by atoms with Crippen molar-refractivity contribution in [1.29, 1.82) is 0 Å². The third-order valence-electron chi connectivity index (χ3n) is 4.60. The maximum atomic E-state index is 12.3. The van der Waals surface area contributed by atoms with E-state index in [2.05, 4.69) is 25.2 Å². The highest BCUT2D eigenvalue weighted by Gasteiger charge is 2.17. The molecule has 1 fully saturated rings. The second kappa shape index (κ2) is 8.95. The number of fused-ring (bicyclic) bond motifs is 1. The zero-order valence-electron chi connectivity index (χ0n) is 17.0. The lowest BCUT2D eigenvalue weighted by Gasteiger charge is -2.27. The van der Waals surface area contributed by atoms with E-state index in [9.17, 15) is 4.79 Å². The molecule has 2 aliphatic rings. The number of aromatic nitrogens is 3. The van der Waals surface area contributed by atoms with E-state index in [1.807, 2.05) is 37.2 Å². The minimum Gasteiger partial charge on any atom is -0.454 e. The molecule has 0 bridgehead atoms. The molecular weight excluding hydrogens is 388 g/mol. The van der Waals surface area contributed by atoms with E-state index in [1.165, 1.54) is 6.08 Å². The fraction of sp³-hybridized carbons (Fsp3) is 0.400. The van der Waals surface area contributed by atoms with Crippen LogP contribution in [0.2, 0.25) is 0 Å². The Hall–Kier alpha value is -3.40. The Morgan fingerprint density at radius 1 is 1.17 bits per heavy atom. The first-order valence-corrected chi connectivity index (χ1v) is 9.69. The molecule has 4 rings (SSSR count).